The summed E-state index contributed by atoms with van der Waals surface area (Å²) in [6.45, 7) is 10.3. The van der Waals surface area contributed by atoms with Gasteiger partial charge in [0.25, 0.3) is 0 Å². The first-order valence-corrected chi connectivity index (χ1v) is 12.2. The second-order valence-electron chi connectivity index (χ2n) is 8.58. The van der Waals surface area contributed by atoms with Crippen LogP contribution in [0, 0.1) is 3.57 Å². The zero-order valence-corrected chi connectivity index (χ0v) is 21.5. The summed E-state index contributed by atoms with van der Waals surface area (Å²) in [7, 11) is 0. The van der Waals surface area contributed by atoms with Crippen molar-refractivity contribution in [1.82, 2.24) is 19.5 Å². The highest BCUT2D eigenvalue weighted by atomic mass is 127. The topological polar surface area (TPSA) is 108 Å². The molecule has 0 radical (unpaired) electrons. The largest absolute Gasteiger partial charge is 0.508 e. The lowest BCUT2D eigenvalue weighted by molar-refractivity contribution is 0.0577. The number of aromatic nitrogens is 4. The van der Waals surface area contributed by atoms with Crippen molar-refractivity contribution in [2.45, 2.75) is 78.1 Å². The number of hydrogen-bond acceptors (Lipinski definition) is 7. The number of nitrogens with zero attached hydrogens (tertiary/aromatic N) is 4. The molecule has 1 aromatic carbocycles. The molecule has 0 saturated heterocycles. The molecule has 32 heavy (non-hydrogen) atoms. The minimum Gasteiger partial charge on any atom is -0.508 e. The smallest absolute Gasteiger partial charge is 0.227 e. The van der Waals surface area contributed by atoms with E-state index in [1.807, 2.05) is 25.4 Å². The van der Waals surface area contributed by atoms with Crippen LogP contribution in [-0.2, 0) is 6.54 Å². The Hall–Kier alpha value is -2.14. The number of benzene rings is 1. The summed E-state index contributed by atoms with van der Waals surface area (Å²) in [4.78, 5) is 14.1. The third kappa shape index (κ3) is 5.43. The van der Waals surface area contributed by atoms with E-state index in [0.717, 1.165) is 34.0 Å². The summed E-state index contributed by atoms with van der Waals surface area (Å²) in [5.41, 5.74) is 1.28. The van der Waals surface area contributed by atoms with Gasteiger partial charge in [0.05, 0.1) is 18.0 Å². The van der Waals surface area contributed by atoms with E-state index in [1.165, 1.54) is 0 Å². The molecule has 2 aromatic heterocycles. The van der Waals surface area contributed by atoms with E-state index in [1.54, 1.807) is 19.9 Å². The molecule has 0 bridgehead atoms. The molecule has 1 atom stereocenters. The summed E-state index contributed by atoms with van der Waals surface area (Å²) in [6.07, 6.45) is 4.47. The zero-order chi connectivity index (χ0) is 23.5. The fourth-order valence-corrected chi connectivity index (χ4v) is 4.42. The van der Waals surface area contributed by atoms with Crippen LogP contribution in [0.1, 0.15) is 65.5 Å². The lowest BCUT2D eigenvalue weighted by Crippen LogP contribution is -2.41. The predicted molar refractivity (Wildman–Crippen MR) is 137 cm³/mol. The van der Waals surface area contributed by atoms with Gasteiger partial charge in [0.2, 0.25) is 5.95 Å². The van der Waals surface area contributed by atoms with E-state index in [4.69, 9.17) is 4.98 Å². The molecule has 174 valence electrons. The summed E-state index contributed by atoms with van der Waals surface area (Å²) in [5.74, 6) is 1.26. The second kappa shape index (κ2) is 10.2. The Labute approximate surface area is 203 Å². The second-order valence-corrected chi connectivity index (χ2v) is 9.82. The number of anilines is 2. The molecule has 0 saturated carbocycles. The minimum absolute atomic E-state index is 0.211. The third-order valence-corrected chi connectivity index (χ3v) is 6.48. The normalized spacial score (nSPS) is 13.0. The fraction of sp³-hybridized carbons (Fsp3) is 0.522. The van der Waals surface area contributed by atoms with Gasteiger partial charge in [0.15, 0.2) is 17.0 Å². The maximum atomic E-state index is 10.5. The van der Waals surface area contributed by atoms with E-state index in [9.17, 15) is 10.2 Å². The molecule has 0 fully saturated rings. The van der Waals surface area contributed by atoms with Crippen molar-refractivity contribution < 1.29 is 10.2 Å². The van der Waals surface area contributed by atoms with Gasteiger partial charge in [-0.05, 0) is 73.9 Å². The summed E-state index contributed by atoms with van der Waals surface area (Å²) >= 11 is 2.23. The van der Waals surface area contributed by atoms with Crippen molar-refractivity contribution in [3.05, 3.63) is 33.7 Å². The van der Waals surface area contributed by atoms with Crippen LogP contribution in [0.3, 0.4) is 0 Å². The van der Waals surface area contributed by atoms with E-state index in [2.05, 4.69) is 61.6 Å². The van der Waals surface area contributed by atoms with Crippen molar-refractivity contribution in [3.63, 3.8) is 0 Å². The molecule has 0 aliphatic carbocycles. The summed E-state index contributed by atoms with van der Waals surface area (Å²) in [6, 6.07) is 5.57. The minimum atomic E-state index is -0.928. The molecule has 0 amide bonds. The quantitative estimate of drug-likeness (QED) is 0.260. The van der Waals surface area contributed by atoms with E-state index in [-0.39, 0.29) is 17.8 Å². The molecule has 2 heterocycles. The van der Waals surface area contributed by atoms with Crippen molar-refractivity contribution in [1.29, 1.82) is 0 Å². The Morgan fingerprint density at radius 2 is 1.84 bits per heavy atom. The van der Waals surface area contributed by atoms with Crippen LogP contribution in [0.25, 0.3) is 11.2 Å². The van der Waals surface area contributed by atoms with Gasteiger partial charge in [-0.2, -0.15) is 9.97 Å². The first-order chi connectivity index (χ1) is 15.2. The molecule has 1 unspecified atom stereocenters. The van der Waals surface area contributed by atoms with Gasteiger partial charge in [0.1, 0.15) is 5.75 Å². The number of nitrogens with one attached hydrogen (secondary N) is 2. The van der Waals surface area contributed by atoms with E-state index < -0.39 is 5.60 Å². The van der Waals surface area contributed by atoms with Gasteiger partial charge in [-0.3, -0.25) is 0 Å². The number of fused-ring (bicyclic) bond motifs is 1. The van der Waals surface area contributed by atoms with Crippen molar-refractivity contribution >= 4 is 45.5 Å². The molecule has 4 N–H and O–H groups in total. The molecular formula is C23H33IN6O2. The first-order valence-electron chi connectivity index (χ1n) is 11.1. The Balaban J connectivity index is 2.03. The highest BCUT2D eigenvalue weighted by molar-refractivity contribution is 14.1. The zero-order valence-electron chi connectivity index (χ0n) is 19.4. The standard InChI is InChI=1S/C23H33IN6O2/c1-6-16(7-2)30-13-26-19-20(25-12-14-11-15(24)9-10-17(14)31)28-22(29-21(19)30)27-18(8-3)23(4,5)32/h9-11,13,16,18,31-32H,6-8,12H2,1-5H3,(H2,25,27,28,29). The van der Waals surface area contributed by atoms with Crippen LogP contribution < -0.4 is 10.6 Å². The average Bonchev–Trinajstić information content (AvgIpc) is 3.16. The number of halogens is 1. The van der Waals surface area contributed by atoms with Crippen LogP contribution in [0.5, 0.6) is 5.75 Å². The van der Waals surface area contributed by atoms with Crippen LogP contribution in [-0.4, -0.2) is 41.4 Å². The number of aliphatic hydroxyl groups is 1. The Bertz CT molecular complexity index is 1060. The Kier molecular flexibility index (Phi) is 7.81. The van der Waals surface area contributed by atoms with Crippen molar-refractivity contribution in [2.75, 3.05) is 10.6 Å². The summed E-state index contributed by atoms with van der Waals surface area (Å²) < 4.78 is 3.14. The van der Waals surface area contributed by atoms with Crippen molar-refractivity contribution in [2.24, 2.45) is 0 Å². The molecule has 3 aromatic rings. The molecule has 0 aliphatic rings. The van der Waals surface area contributed by atoms with Crippen molar-refractivity contribution in [3.8, 4) is 5.75 Å². The number of rotatable bonds is 10. The predicted octanol–water partition coefficient (Wildman–Crippen LogP) is 5.07. The monoisotopic (exact) mass is 552 g/mol. The maximum Gasteiger partial charge on any atom is 0.227 e. The van der Waals surface area contributed by atoms with Gasteiger partial charge in [-0.15, -0.1) is 0 Å². The first kappa shape index (κ1) is 24.5. The number of aromatic hydroxyl groups is 1. The number of imidazole rings is 1. The van der Waals surface area contributed by atoms with E-state index in [0.29, 0.717) is 23.8 Å². The number of hydrogen-bond donors (Lipinski definition) is 4. The Morgan fingerprint density at radius 1 is 1.12 bits per heavy atom. The molecule has 3 rings (SSSR count). The third-order valence-electron chi connectivity index (χ3n) is 5.81. The van der Waals surface area contributed by atoms with Crippen LogP contribution in [0.4, 0.5) is 11.8 Å². The fourth-order valence-electron chi connectivity index (χ4n) is 3.86. The van der Waals surface area contributed by atoms with Gasteiger partial charge in [-0.25, -0.2) is 4.98 Å². The lowest BCUT2D eigenvalue weighted by atomic mass is 9.97. The molecule has 8 nitrogen and oxygen atoms in total. The van der Waals surface area contributed by atoms with Gasteiger partial charge in [0, 0.05) is 21.7 Å². The number of phenols is 1. The number of phenolic OH excluding ortho intramolecular Hbond substituents is 1. The van der Waals surface area contributed by atoms with Crippen LogP contribution >= 0.6 is 22.6 Å². The van der Waals surface area contributed by atoms with Gasteiger partial charge in [-0.1, -0.05) is 20.8 Å². The van der Waals surface area contributed by atoms with Crippen LogP contribution in [0.2, 0.25) is 0 Å². The van der Waals surface area contributed by atoms with Crippen LogP contribution in [0.15, 0.2) is 24.5 Å². The lowest BCUT2D eigenvalue weighted by Gasteiger charge is -2.29. The highest BCUT2D eigenvalue weighted by Gasteiger charge is 2.27. The molecule has 0 aliphatic heterocycles. The molecular weight excluding hydrogens is 519 g/mol. The Morgan fingerprint density at radius 3 is 2.47 bits per heavy atom. The SMILES string of the molecule is CCC(CC)n1cnc2c(NCc3cc(I)ccc3O)nc(NC(CC)C(C)(C)O)nc21. The van der Waals surface area contributed by atoms with E-state index >= 15 is 0 Å². The highest BCUT2D eigenvalue weighted by Crippen LogP contribution is 2.28. The van der Waals surface area contributed by atoms with Gasteiger partial charge >= 0.3 is 0 Å². The van der Waals surface area contributed by atoms with Gasteiger partial charge < -0.3 is 25.4 Å². The average molecular weight is 552 g/mol. The molecule has 0 spiro atoms. The summed E-state index contributed by atoms with van der Waals surface area (Å²) in [5, 5.41) is 27.4. The molecule has 9 heteroatoms. The maximum absolute atomic E-state index is 10.5.